The highest BCUT2D eigenvalue weighted by atomic mass is 127. The molecule has 2 aromatic rings. The molecule has 0 saturated carbocycles. The van der Waals surface area contributed by atoms with Crippen molar-refractivity contribution >= 4 is 41.7 Å². The standard InChI is InChI=1S/C21H30N4OS.HI/c1-22-21(24-19-9-6-12-27-16-19)23-13-17-7-3-4-8-18(17)14-25(2)15-20-10-5-11-26-20;/h3-5,7-8,10-11,19H,6,9,12-16H2,1-2H3,(H2,22,23,24);1H. The Hall–Kier alpha value is -1.19. The summed E-state index contributed by atoms with van der Waals surface area (Å²) < 4.78 is 5.46. The SMILES string of the molecule is CN=C(NCc1ccccc1CN(C)Cc1ccco1)NC1CCCSC1.I. The van der Waals surface area contributed by atoms with Crippen LogP contribution in [0, 0.1) is 0 Å². The third kappa shape index (κ3) is 7.33. The smallest absolute Gasteiger partial charge is 0.191 e. The van der Waals surface area contributed by atoms with E-state index in [9.17, 15) is 0 Å². The molecule has 1 aromatic carbocycles. The van der Waals surface area contributed by atoms with Gasteiger partial charge < -0.3 is 15.1 Å². The van der Waals surface area contributed by atoms with Gasteiger partial charge >= 0.3 is 0 Å². The van der Waals surface area contributed by atoms with E-state index in [0.29, 0.717) is 6.04 Å². The Bertz CT molecular complexity index is 717. The highest BCUT2D eigenvalue weighted by molar-refractivity contribution is 14.0. The van der Waals surface area contributed by atoms with E-state index in [1.165, 1.54) is 29.7 Å². The van der Waals surface area contributed by atoms with E-state index in [0.717, 1.165) is 37.1 Å². The molecule has 154 valence electrons. The van der Waals surface area contributed by atoms with E-state index in [1.807, 2.05) is 30.9 Å². The Morgan fingerprint density at radius 1 is 1.21 bits per heavy atom. The van der Waals surface area contributed by atoms with Crippen molar-refractivity contribution in [1.29, 1.82) is 0 Å². The fraction of sp³-hybridized carbons (Fsp3) is 0.476. The van der Waals surface area contributed by atoms with Gasteiger partial charge in [-0.1, -0.05) is 24.3 Å². The van der Waals surface area contributed by atoms with E-state index >= 15 is 0 Å². The minimum Gasteiger partial charge on any atom is -0.468 e. The van der Waals surface area contributed by atoms with Crippen LogP contribution in [0.3, 0.4) is 0 Å². The largest absolute Gasteiger partial charge is 0.468 e. The van der Waals surface area contributed by atoms with Gasteiger partial charge in [-0.15, -0.1) is 24.0 Å². The lowest BCUT2D eigenvalue weighted by Gasteiger charge is -2.25. The molecule has 0 aliphatic carbocycles. The lowest BCUT2D eigenvalue weighted by molar-refractivity contribution is 0.287. The highest BCUT2D eigenvalue weighted by Gasteiger charge is 2.15. The summed E-state index contributed by atoms with van der Waals surface area (Å²) in [5.74, 6) is 4.32. The van der Waals surface area contributed by atoms with Crippen LogP contribution >= 0.6 is 35.7 Å². The quantitative estimate of drug-likeness (QED) is 0.331. The molecule has 1 unspecified atom stereocenters. The van der Waals surface area contributed by atoms with Gasteiger partial charge in [-0.25, -0.2) is 0 Å². The molecule has 3 rings (SSSR count). The van der Waals surface area contributed by atoms with Gasteiger partial charge in [-0.05, 0) is 48.9 Å². The molecule has 2 heterocycles. The van der Waals surface area contributed by atoms with Gasteiger partial charge in [0.15, 0.2) is 5.96 Å². The summed E-state index contributed by atoms with van der Waals surface area (Å²) in [7, 11) is 3.96. The molecule has 7 heteroatoms. The lowest BCUT2D eigenvalue weighted by atomic mass is 10.1. The van der Waals surface area contributed by atoms with Gasteiger partial charge in [0, 0.05) is 31.9 Å². The van der Waals surface area contributed by atoms with Crippen molar-refractivity contribution in [2.45, 2.75) is 38.5 Å². The first kappa shape index (κ1) is 23.1. The van der Waals surface area contributed by atoms with Crippen LogP contribution in [0.2, 0.25) is 0 Å². The number of thioether (sulfide) groups is 1. The zero-order valence-corrected chi connectivity index (χ0v) is 19.8. The van der Waals surface area contributed by atoms with Gasteiger partial charge in [0.25, 0.3) is 0 Å². The molecule has 1 aliphatic heterocycles. The number of nitrogens with one attached hydrogen (secondary N) is 2. The van der Waals surface area contributed by atoms with Crippen molar-refractivity contribution in [3.05, 3.63) is 59.5 Å². The molecule has 0 bridgehead atoms. The number of furan rings is 1. The van der Waals surface area contributed by atoms with Crippen LogP contribution in [0.5, 0.6) is 0 Å². The topological polar surface area (TPSA) is 52.8 Å². The number of guanidine groups is 1. The lowest BCUT2D eigenvalue weighted by Crippen LogP contribution is -2.45. The average molecular weight is 514 g/mol. The fourth-order valence-corrected chi connectivity index (χ4v) is 4.39. The van der Waals surface area contributed by atoms with E-state index in [4.69, 9.17) is 4.42 Å². The van der Waals surface area contributed by atoms with Crippen molar-refractivity contribution in [3.8, 4) is 0 Å². The molecule has 28 heavy (non-hydrogen) atoms. The van der Waals surface area contributed by atoms with Crippen LogP contribution in [0.1, 0.15) is 29.7 Å². The Morgan fingerprint density at radius 3 is 2.71 bits per heavy atom. The number of aliphatic imine (C=N–C) groups is 1. The van der Waals surface area contributed by atoms with Crippen LogP contribution < -0.4 is 10.6 Å². The monoisotopic (exact) mass is 514 g/mol. The number of hydrogen-bond donors (Lipinski definition) is 2. The maximum atomic E-state index is 5.46. The maximum absolute atomic E-state index is 5.46. The molecular weight excluding hydrogens is 483 g/mol. The number of rotatable bonds is 7. The van der Waals surface area contributed by atoms with Crippen LogP contribution in [0.4, 0.5) is 0 Å². The van der Waals surface area contributed by atoms with E-state index in [2.05, 4.69) is 51.8 Å². The normalized spacial score (nSPS) is 17.2. The summed E-state index contributed by atoms with van der Waals surface area (Å²) >= 11 is 2.02. The summed E-state index contributed by atoms with van der Waals surface area (Å²) in [5, 5.41) is 7.05. The van der Waals surface area contributed by atoms with Crippen LogP contribution in [0.15, 0.2) is 52.1 Å². The summed E-state index contributed by atoms with van der Waals surface area (Å²) in [6.45, 7) is 2.45. The predicted molar refractivity (Wildman–Crippen MR) is 129 cm³/mol. The summed E-state index contributed by atoms with van der Waals surface area (Å²) in [6, 6.07) is 13.1. The predicted octanol–water partition coefficient (Wildman–Crippen LogP) is 4.09. The molecule has 1 fully saturated rings. The second kappa shape index (κ2) is 12.4. The molecule has 2 N–H and O–H groups in total. The maximum Gasteiger partial charge on any atom is 0.191 e. The first-order valence-corrected chi connectivity index (χ1v) is 10.7. The second-order valence-corrected chi connectivity index (χ2v) is 8.15. The Morgan fingerprint density at radius 2 is 2.04 bits per heavy atom. The van der Waals surface area contributed by atoms with Gasteiger partial charge in [-0.3, -0.25) is 9.89 Å². The summed E-state index contributed by atoms with van der Waals surface area (Å²) in [4.78, 5) is 6.67. The summed E-state index contributed by atoms with van der Waals surface area (Å²) in [6.07, 6.45) is 4.23. The number of hydrogen-bond acceptors (Lipinski definition) is 4. The van der Waals surface area contributed by atoms with E-state index in [1.54, 1.807) is 6.26 Å². The fourth-order valence-electron chi connectivity index (χ4n) is 3.32. The van der Waals surface area contributed by atoms with Gasteiger partial charge in [-0.2, -0.15) is 11.8 Å². The second-order valence-electron chi connectivity index (χ2n) is 7.00. The molecule has 0 spiro atoms. The Balaban J connectivity index is 0.00000280. The molecule has 1 atom stereocenters. The average Bonchev–Trinajstić information content (AvgIpc) is 3.19. The summed E-state index contributed by atoms with van der Waals surface area (Å²) in [5.41, 5.74) is 2.62. The molecule has 5 nitrogen and oxygen atoms in total. The van der Waals surface area contributed by atoms with Crippen LogP contribution in [-0.4, -0.2) is 42.5 Å². The molecular formula is C21H31IN4OS. The van der Waals surface area contributed by atoms with Crippen LogP contribution in [-0.2, 0) is 19.6 Å². The molecule has 0 radical (unpaired) electrons. The first-order chi connectivity index (χ1) is 13.2. The minimum absolute atomic E-state index is 0. The molecule has 1 aliphatic rings. The number of nitrogens with zero attached hydrogens (tertiary/aromatic N) is 2. The zero-order chi connectivity index (χ0) is 18.9. The molecule has 0 amide bonds. The van der Waals surface area contributed by atoms with Crippen LogP contribution in [0.25, 0.3) is 0 Å². The Kier molecular flexibility index (Phi) is 10.2. The van der Waals surface area contributed by atoms with Crippen molar-refractivity contribution < 1.29 is 4.42 Å². The Labute approximate surface area is 189 Å². The highest BCUT2D eigenvalue weighted by Crippen LogP contribution is 2.17. The van der Waals surface area contributed by atoms with Crippen molar-refractivity contribution in [2.24, 2.45) is 4.99 Å². The van der Waals surface area contributed by atoms with Gasteiger partial charge in [0.05, 0.1) is 12.8 Å². The van der Waals surface area contributed by atoms with Crippen molar-refractivity contribution in [2.75, 3.05) is 25.6 Å². The van der Waals surface area contributed by atoms with Crippen molar-refractivity contribution in [3.63, 3.8) is 0 Å². The third-order valence-corrected chi connectivity index (χ3v) is 5.95. The zero-order valence-electron chi connectivity index (χ0n) is 16.7. The molecule has 1 saturated heterocycles. The first-order valence-electron chi connectivity index (χ1n) is 9.57. The van der Waals surface area contributed by atoms with Gasteiger partial charge in [0.1, 0.15) is 5.76 Å². The molecule has 1 aromatic heterocycles. The van der Waals surface area contributed by atoms with E-state index < -0.39 is 0 Å². The number of benzene rings is 1. The third-order valence-electron chi connectivity index (χ3n) is 4.74. The van der Waals surface area contributed by atoms with Gasteiger partial charge in [0.2, 0.25) is 0 Å². The minimum atomic E-state index is 0. The van der Waals surface area contributed by atoms with Crippen molar-refractivity contribution in [1.82, 2.24) is 15.5 Å². The number of halogens is 1. The van der Waals surface area contributed by atoms with E-state index in [-0.39, 0.29) is 24.0 Å².